The number of carbonyl (C=O) groups excluding carboxylic acids is 1. The summed E-state index contributed by atoms with van der Waals surface area (Å²) in [5.74, 6) is 0.409. The van der Waals surface area contributed by atoms with Gasteiger partial charge in [-0.3, -0.25) is 4.79 Å². The zero-order valence-electron chi connectivity index (χ0n) is 12.7. The van der Waals surface area contributed by atoms with Crippen LogP contribution in [0.15, 0.2) is 18.2 Å². The van der Waals surface area contributed by atoms with Crippen LogP contribution in [0.5, 0.6) is 5.75 Å². The summed E-state index contributed by atoms with van der Waals surface area (Å²) in [6, 6.07) is 5.15. The lowest BCUT2D eigenvalue weighted by Gasteiger charge is -2.25. The lowest BCUT2D eigenvalue weighted by atomic mass is 9.97. The van der Waals surface area contributed by atoms with E-state index in [9.17, 15) is 4.79 Å². The van der Waals surface area contributed by atoms with Gasteiger partial charge in [0.25, 0.3) is 5.91 Å². The van der Waals surface area contributed by atoms with Crippen LogP contribution in [0.3, 0.4) is 0 Å². The maximum absolute atomic E-state index is 12.2. The summed E-state index contributed by atoms with van der Waals surface area (Å²) in [5.41, 5.74) is 6.89. The summed E-state index contributed by atoms with van der Waals surface area (Å²) in [6.45, 7) is 1.78. The van der Waals surface area contributed by atoms with E-state index in [0.29, 0.717) is 17.1 Å². The van der Waals surface area contributed by atoms with Gasteiger partial charge in [0, 0.05) is 5.69 Å². The van der Waals surface area contributed by atoms with E-state index in [4.69, 9.17) is 15.2 Å². The van der Waals surface area contributed by atoms with Crippen molar-refractivity contribution in [1.82, 2.24) is 0 Å². The molecule has 1 unspecified atom stereocenters. The molecule has 2 rings (SSSR count). The lowest BCUT2D eigenvalue weighted by molar-refractivity contribution is -0.131. The minimum absolute atomic E-state index is 0.176. The van der Waals surface area contributed by atoms with Crippen LogP contribution in [-0.4, -0.2) is 25.2 Å². The topological polar surface area (TPSA) is 73.6 Å². The second-order valence-corrected chi connectivity index (χ2v) is 5.49. The second-order valence-electron chi connectivity index (χ2n) is 5.49. The highest BCUT2D eigenvalue weighted by atomic mass is 16.5. The smallest absolute Gasteiger partial charge is 0.253 e. The highest BCUT2D eigenvalue weighted by molar-refractivity contribution is 5.95. The molecule has 0 aromatic heterocycles. The Labute approximate surface area is 125 Å². The third kappa shape index (κ3) is 4.36. The second kappa shape index (κ2) is 7.31. The number of nitrogens with two attached hydrogens (primary N) is 1. The molecule has 21 heavy (non-hydrogen) atoms. The number of rotatable bonds is 5. The molecule has 0 saturated heterocycles. The van der Waals surface area contributed by atoms with E-state index in [1.54, 1.807) is 32.2 Å². The maximum atomic E-state index is 12.2. The molecule has 1 aromatic carbocycles. The molecule has 3 N–H and O–H groups in total. The average Bonchev–Trinajstić information content (AvgIpc) is 2.48. The van der Waals surface area contributed by atoms with E-state index in [0.717, 1.165) is 12.8 Å². The fraction of sp³-hybridized carbons (Fsp3) is 0.562. The molecule has 0 bridgehead atoms. The van der Waals surface area contributed by atoms with E-state index in [1.165, 1.54) is 19.3 Å². The van der Waals surface area contributed by atoms with Crippen LogP contribution >= 0.6 is 0 Å². The molecule has 5 nitrogen and oxygen atoms in total. The Morgan fingerprint density at radius 1 is 1.33 bits per heavy atom. The van der Waals surface area contributed by atoms with Gasteiger partial charge < -0.3 is 20.5 Å². The first-order chi connectivity index (χ1) is 10.1. The maximum Gasteiger partial charge on any atom is 0.253 e. The molecule has 1 saturated carbocycles. The van der Waals surface area contributed by atoms with E-state index < -0.39 is 6.10 Å². The van der Waals surface area contributed by atoms with Crippen molar-refractivity contribution in [3.63, 3.8) is 0 Å². The van der Waals surface area contributed by atoms with Gasteiger partial charge in [-0.1, -0.05) is 19.3 Å². The number of benzene rings is 1. The highest BCUT2D eigenvalue weighted by Crippen LogP contribution is 2.27. The molecule has 0 radical (unpaired) electrons. The van der Waals surface area contributed by atoms with Gasteiger partial charge in [0.1, 0.15) is 11.9 Å². The normalized spacial score (nSPS) is 17.2. The van der Waals surface area contributed by atoms with Crippen LogP contribution in [0.2, 0.25) is 0 Å². The number of nitrogen functional groups attached to an aromatic ring is 1. The van der Waals surface area contributed by atoms with Crippen LogP contribution < -0.4 is 15.8 Å². The molecule has 1 aliphatic rings. The van der Waals surface area contributed by atoms with Crippen LogP contribution in [0, 0.1) is 0 Å². The molecule has 0 heterocycles. The molecule has 0 spiro atoms. The van der Waals surface area contributed by atoms with E-state index in [2.05, 4.69) is 5.32 Å². The molecule has 116 valence electrons. The van der Waals surface area contributed by atoms with Crippen LogP contribution in [-0.2, 0) is 9.53 Å². The first-order valence-electron chi connectivity index (χ1n) is 7.50. The number of ether oxygens (including phenoxy) is 2. The summed E-state index contributed by atoms with van der Waals surface area (Å²) < 4.78 is 11.1. The molecule has 1 amide bonds. The van der Waals surface area contributed by atoms with Gasteiger partial charge in [-0.15, -0.1) is 0 Å². The number of amides is 1. The largest absolute Gasteiger partial charge is 0.495 e. The number of carbonyl (C=O) groups is 1. The Balaban J connectivity index is 1.95. The van der Waals surface area contributed by atoms with Crippen LogP contribution in [0.1, 0.15) is 39.0 Å². The van der Waals surface area contributed by atoms with E-state index in [1.807, 2.05) is 0 Å². The first kappa shape index (κ1) is 15.6. The predicted molar refractivity (Wildman–Crippen MR) is 83.5 cm³/mol. The number of hydrogen-bond donors (Lipinski definition) is 2. The average molecular weight is 292 g/mol. The van der Waals surface area contributed by atoms with Crippen LogP contribution in [0.4, 0.5) is 11.4 Å². The summed E-state index contributed by atoms with van der Waals surface area (Å²) in [6.07, 6.45) is 5.42. The van der Waals surface area contributed by atoms with Gasteiger partial charge in [-0.2, -0.15) is 0 Å². The Morgan fingerprint density at radius 3 is 2.71 bits per heavy atom. The van der Waals surface area contributed by atoms with E-state index in [-0.39, 0.29) is 12.0 Å². The van der Waals surface area contributed by atoms with Gasteiger partial charge in [0.2, 0.25) is 0 Å². The zero-order valence-corrected chi connectivity index (χ0v) is 12.7. The molecule has 1 atom stereocenters. The quantitative estimate of drug-likeness (QED) is 0.818. The molecule has 5 heteroatoms. The summed E-state index contributed by atoms with van der Waals surface area (Å²) in [7, 11) is 1.56. The van der Waals surface area contributed by atoms with E-state index >= 15 is 0 Å². The standard InChI is InChI=1S/C16H24N2O3/c1-11(21-13-6-4-3-5-7-13)16(19)18-14-10-12(17)8-9-15(14)20-2/h8-11,13H,3-7,17H2,1-2H3,(H,18,19). The predicted octanol–water partition coefficient (Wildman–Crippen LogP) is 2.95. The Bertz CT molecular complexity index is 484. The van der Waals surface area contributed by atoms with Crippen molar-refractivity contribution >= 4 is 17.3 Å². The van der Waals surface area contributed by atoms with Crippen molar-refractivity contribution in [2.45, 2.75) is 51.2 Å². The van der Waals surface area contributed by atoms with Crippen molar-refractivity contribution in [3.05, 3.63) is 18.2 Å². The van der Waals surface area contributed by atoms with Gasteiger partial charge >= 0.3 is 0 Å². The van der Waals surface area contributed by atoms with Gasteiger partial charge in [-0.05, 0) is 38.0 Å². The third-order valence-electron chi connectivity index (χ3n) is 3.80. The van der Waals surface area contributed by atoms with Crippen molar-refractivity contribution in [2.24, 2.45) is 0 Å². The van der Waals surface area contributed by atoms with Crippen molar-refractivity contribution in [3.8, 4) is 5.75 Å². The monoisotopic (exact) mass is 292 g/mol. The Kier molecular flexibility index (Phi) is 5.44. The molecule has 0 aliphatic heterocycles. The fourth-order valence-corrected chi connectivity index (χ4v) is 2.61. The lowest BCUT2D eigenvalue weighted by Crippen LogP contribution is -2.32. The molecular weight excluding hydrogens is 268 g/mol. The molecule has 1 aromatic rings. The zero-order chi connectivity index (χ0) is 15.2. The van der Waals surface area contributed by atoms with Crippen LogP contribution in [0.25, 0.3) is 0 Å². The summed E-state index contributed by atoms with van der Waals surface area (Å²) in [4.78, 5) is 12.2. The Morgan fingerprint density at radius 2 is 2.05 bits per heavy atom. The minimum Gasteiger partial charge on any atom is -0.495 e. The summed E-state index contributed by atoms with van der Waals surface area (Å²) in [5, 5.41) is 2.82. The molecular formula is C16H24N2O3. The third-order valence-corrected chi connectivity index (χ3v) is 3.80. The number of hydrogen-bond acceptors (Lipinski definition) is 4. The van der Waals surface area contributed by atoms with Gasteiger partial charge in [0.05, 0.1) is 18.9 Å². The first-order valence-corrected chi connectivity index (χ1v) is 7.50. The van der Waals surface area contributed by atoms with Crippen molar-refractivity contribution < 1.29 is 14.3 Å². The SMILES string of the molecule is COc1ccc(N)cc1NC(=O)C(C)OC1CCCCC1. The molecule has 1 fully saturated rings. The number of anilines is 2. The number of nitrogens with one attached hydrogen (secondary N) is 1. The van der Waals surface area contributed by atoms with Gasteiger partial charge in [-0.25, -0.2) is 0 Å². The minimum atomic E-state index is -0.487. The van der Waals surface area contributed by atoms with Crippen molar-refractivity contribution in [1.29, 1.82) is 0 Å². The van der Waals surface area contributed by atoms with Gasteiger partial charge in [0.15, 0.2) is 0 Å². The Hall–Kier alpha value is -1.75. The fourth-order valence-electron chi connectivity index (χ4n) is 2.61. The summed E-state index contributed by atoms with van der Waals surface area (Å²) >= 11 is 0. The highest BCUT2D eigenvalue weighted by Gasteiger charge is 2.21. The molecule has 1 aliphatic carbocycles. The van der Waals surface area contributed by atoms with Crippen molar-refractivity contribution in [2.75, 3.05) is 18.2 Å². The number of methoxy groups -OCH3 is 1.